The van der Waals surface area contributed by atoms with Crippen LogP contribution in [-0.2, 0) is 13.1 Å². The van der Waals surface area contributed by atoms with Crippen molar-refractivity contribution in [3.63, 3.8) is 0 Å². The predicted octanol–water partition coefficient (Wildman–Crippen LogP) is 1.48. The molecule has 1 aromatic heterocycles. The molecule has 0 fully saturated rings. The minimum Gasteiger partial charge on any atom is -0.508 e. The molecule has 2 aromatic rings. The first-order valence-electron chi connectivity index (χ1n) is 5.09. The lowest BCUT2D eigenvalue weighted by atomic mass is 10.2. The number of nitrogens with zero attached hydrogens (tertiary/aromatic N) is 2. The van der Waals surface area contributed by atoms with E-state index in [4.69, 9.17) is 0 Å². The summed E-state index contributed by atoms with van der Waals surface area (Å²) < 4.78 is 1.96. The Balaban J connectivity index is 2.65. The second kappa shape index (κ2) is 3.90. The van der Waals surface area contributed by atoms with Crippen molar-refractivity contribution < 1.29 is 5.11 Å². The minimum absolute atomic E-state index is 0.288. The van der Waals surface area contributed by atoms with Crippen LogP contribution in [-0.4, -0.2) is 21.9 Å². The summed E-state index contributed by atoms with van der Waals surface area (Å²) in [5.74, 6) is 0.288. The summed E-state index contributed by atoms with van der Waals surface area (Å²) in [5.41, 5.74) is 2.05. The second-order valence-electron chi connectivity index (χ2n) is 3.49. The maximum atomic E-state index is 9.45. The molecule has 0 bridgehead atoms. The molecule has 1 heterocycles. The van der Waals surface area contributed by atoms with E-state index in [2.05, 4.69) is 17.3 Å². The van der Waals surface area contributed by atoms with Crippen molar-refractivity contribution in [3.05, 3.63) is 23.9 Å². The fourth-order valence-corrected chi connectivity index (χ4v) is 1.79. The molecule has 2 N–H and O–H groups in total. The number of aromatic nitrogens is 2. The molecule has 0 saturated carbocycles. The van der Waals surface area contributed by atoms with Crippen molar-refractivity contribution in [1.29, 1.82) is 0 Å². The first-order valence-corrected chi connectivity index (χ1v) is 5.09. The SMILES string of the molecule is CCn1nc2ccc(O)cc2c1CNC. The van der Waals surface area contributed by atoms with Gasteiger partial charge >= 0.3 is 0 Å². The first kappa shape index (κ1) is 9.98. The van der Waals surface area contributed by atoms with Crippen molar-refractivity contribution in [1.82, 2.24) is 15.1 Å². The van der Waals surface area contributed by atoms with Crippen LogP contribution in [0.3, 0.4) is 0 Å². The van der Waals surface area contributed by atoms with Crippen LogP contribution in [0.2, 0.25) is 0 Å². The fraction of sp³-hybridized carbons (Fsp3) is 0.364. The fourth-order valence-electron chi connectivity index (χ4n) is 1.79. The van der Waals surface area contributed by atoms with Crippen molar-refractivity contribution >= 4 is 10.9 Å². The lowest BCUT2D eigenvalue weighted by molar-refractivity contribution is 0.476. The van der Waals surface area contributed by atoms with Gasteiger partial charge in [0.25, 0.3) is 0 Å². The molecule has 0 radical (unpaired) electrons. The van der Waals surface area contributed by atoms with E-state index in [9.17, 15) is 5.11 Å². The van der Waals surface area contributed by atoms with Crippen LogP contribution in [0, 0.1) is 0 Å². The van der Waals surface area contributed by atoms with E-state index >= 15 is 0 Å². The normalized spacial score (nSPS) is 11.1. The summed E-state index contributed by atoms with van der Waals surface area (Å²) in [4.78, 5) is 0. The third-order valence-electron chi connectivity index (χ3n) is 2.47. The third-order valence-corrected chi connectivity index (χ3v) is 2.47. The predicted molar refractivity (Wildman–Crippen MR) is 59.8 cm³/mol. The van der Waals surface area contributed by atoms with Crippen LogP contribution >= 0.6 is 0 Å². The summed E-state index contributed by atoms with van der Waals surface area (Å²) in [6.45, 7) is 3.66. The summed E-state index contributed by atoms with van der Waals surface area (Å²) in [6, 6.07) is 5.27. The summed E-state index contributed by atoms with van der Waals surface area (Å²) in [5, 5.41) is 18.0. The van der Waals surface area contributed by atoms with Crippen LogP contribution in [0.4, 0.5) is 0 Å². The largest absolute Gasteiger partial charge is 0.508 e. The van der Waals surface area contributed by atoms with Crippen LogP contribution in [0.5, 0.6) is 5.75 Å². The van der Waals surface area contributed by atoms with Crippen LogP contribution in [0.15, 0.2) is 18.2 Å². The molecule has 0 aliphatic carbocycles. The monoisotopic (exact) mass is 205 g/mol. The summed E-state index contributed by atoms with van der Waals surface area (Å²) in [6.07, 6.45) is 0. The Labute approximate surface area is 88.5 Å². The van der Waals surface area contributed by atoms with E-state index in [0.717, 1.165) is 29.7 Å². The van der Waals surface area contributed by atoms with Gasteiger partial charge in [0.15, 0.2) is 0 Å². The molecule has 1 aromatic carbocycles. The molecule has 80 valence electrons. The molecule has 4 heteroatoms. The van der Waals surface area contributed by atoms with Crippen molar-refractivity contribution in [3.8, 4) is 5.75 Å². The lowest BCUT2D eigenvalue weighted by Crippen LogP contribution is -2.11. The van der Waals surface area contributed by atoms with Gasteiger partial charge in [0.05, 0.1) is 11.2 Å². The second-order valence-corrected chi connectivity index (χ2v) is 3.49. The van der Waals surface area contributed by atoms with E-state index in [1.807, 2.05) is 17.8 Å². The van der Waals surface area contributed by atoms with Crippen LogP contribution in [0.25, 0.3) is 10.9 Å². The molecule has 0 unspecified atom stereocenters. The molecule has 0 atom stereocenters. The molecule has 4 nitrogen and oxygen atoms in total. The van der Waals surface area contributed by atoms with Gasteiger partial charge in [-0.1, -0.05) is 0 Å². The number of hydrogen-bond acceptors (Lipinski definition) is 3. The molecule has 0 aliphatic heterocycles. The van der Waals surface area contributed by atoms with Gasteiger partial charge in [0, 0.05) is 18.5 Å². The lowest BCUT2D eigenvalue weighted by Gasteiger charge is -2.03. The van der Waals surface area contributed by atoms with E-state index in [1.54, 1.807) is 12.1 Å². The van der Waals surface area contributed by atoms with E-state index in [0.29, 0.717) is 0 Å². The van der Waals surface area contributed by atoms with Gasteiger partial charge in [-0.3, -0.25) is 4.68 Å². The van der Waals surface area contributed by atoms with Crippen molar-refractivity contribution in [2.75, 3.05) is 7.05 Å². The van der Waals surface area contributed by atoms with E-state index in [1.165, 1.54) is 0 Å². The Morgan fingerprint density at radius 1 is 1.47 bits per heavy atom. The highest BCUT2D eigenvalue weighted by Crippen LogP contribution is 2.22. The highest BCUT2D eigenvalue weighted by Gasteiger charge is 2.09. The molecule has 0 aliphatic rings. The Kier molecular flexibility index (Phi) is 2.60. The molecular formula is C11H15N3O. The zero-order valence-electron chi connectivity index (χ0n) is 8.99. The Bertz CT molecular complexity index is 476. The molecule has 0 amide bonds. The topological polar surface area (TPSA) is 50.1 Å². The Hall–Kier alpha value is -1.55. The van der Waals surface area contributed by atoms with Crippen LogP contribution in [0.1, 0.15) is 12.6 Å². The smallest absolute Gasteiger partial charge is 0.116 e. The molecule has 2 rings (SSSR count). The molecule has 0 spiro atoms. The number of aromatic hydroxyl groups is 1. The van der Waals surface area contributed by atoms with Gasteiger partial charge in [0.1, 0.15) is 5.75 Å². The maximum Gasteiger partial charge on any atom is 0.116 e. The average molecular weight is 205 g/mol. The quantitative estimate of drug-likeness (QED) is 0.798. The Morgan fingerprint density at radius 2 is 2.27 bits per heavy atom. The zero-order chi connectivity index (χ0) is 10.8. The van der Waals surface area contributed by atoms with E-state index in [-0.39, 0.29) is 5.75 Å². The summed E-state index contributed by atoms with van der Waals surface area (Å²) >= 11 is 0. The zero-order valence-corrected chi connectivity index (χ0v) is 8.99. The summed E-state index contributed by atoms with van der Waals surface area (Å²) in [7, 11) is 1.90. The number of nitrogens with one attached hydrogen (secondary N) is 1. The molecule has 0 saturated heterocycles. The third kappa shape index (κ3) is 1.68. The van der Waals surface area contributed by atoms with Gasteiger partial charge in [-0.25, -0.2) is 0 Å². The van der Waals surface area contributed by atoms with Crippen LogP contribution < -0.4 is 5.32 Å². The number of fused-ring (bicyclic) bond motifs is 1. The van der Waals surface area contributed by atoms with Gasteiger partial charge in [-0.05, 0) is 32.2 Å². The maximum absolute atomic E-state index is 9.45. The van der Waals surface area contributed by atoms with Crippen molar-refractivity contribution in [2.24, 2.45) is 0 Å². The van der Waals surface area contributed by atoms with Gasteiger partial charge < -0.3 is 10.4 Å². The van der Waals surface area contributed by atoms with Gasteiger partial charge in [-0.2, -0.15) is 5.10 Å². The molecular weight excluding hydrogens is 190 g/mol. The number of phenols is 1. The number of aryl methyl sites for hydroxylation is 1. The number of hydrogen-bond donors (Lipinski definition) is 2. The highest BCUT2D eigenvalue weighted by molar-refractivity contribution is 5.83. The van der Waals surface area contributed by atoms with Gasteiger partial charge in [-0.15, -0.1) is 0 Å². The van der Waals surface area contributed by atoms with Gasteiger partial charge in [0.2, 0.25) is 0 Å². The number of benzene rings is 1. The number of rotatable bonds is 3. The first-order chi connectivity index (χ1) is 7.26. The Morgan fingerprint density at radius 3 is 2.93 bits per heavy atom. The van der Waals surface area contributed by atoms with E-state index < -0.39 is 0 Å². The molecule has 15 heavy (non-hydrogen) atoms. The number of phenolic OH excluding ortho intramolecular Hbond substituents is 1. The van der Waals surface area contributed by atoms with Crippen molar-refractivity contribution in [2.45, 2.75) is 20.0 Å². The minimum atomic E-state index is 0.288. The average Bonchev–Trinajstić information content (AvgIpc) is 2.57. The highest BCUT2D eigenvalue weighted by atomic mass is 16.3. The standard InChI is InChI=1S/C11H15N3O/c1-3-14-11(7-12-2)9-6-8(15)4-5-10(9)13-14/h4-6,12,15H,3,7H2,1-2H3.